The number of anilines is 1. The van der Waals surface area contributed by atoms with E-state index in [0.29, 0.717) is 24.2 Å². The Morgan fingerprint density at radius 1 is 1.41 bits per heavy atom. The Labute approximate surface area is 128 Å². The van der Waals surface area contributed by atoms with Crippen LogP contribution in [0, 0.1) is 5.82 Å². The van der Waals surface area contributed by atoms with Gasteiger partial charge in [0.2, 0.25) is 0 Å². The summed E-state index contributed by atoms with van der Waals surface area (Å²) in [7, 11) is 0. The molecule has 0 bridgehead atoms. The Morgan fingerprint density at radius 2 is 2.23 bits per heavy atom. The van der Waals surface area contributed by atoms with Crippen molar-refractivity contribution in [3.8, 4) is 11.3 Å². The summed E-state index contributed by atoms with van der Waals surface area (Å²) < 4.78 is 19.1. The van der Waals surface area contributed by atoms with Crippen molar-refractivity contribution in [3.05, 3.63) is 42.4 Å². The van der Waals surface area contributed by atoms with E-state index in [9.17, 15) is 9.18 Å². The third kappa shape index (κ3) is 4.08. The second-order valence-corrected chi connectivity index (χ2v) is 4.89. The van der Waals surface area contributed by atoms with Gasteiger partial charge in [-0.3, -0.25) is 0 Å². The summed E-state index contributed by atoms with van der Waals surface area (Å²) in [5, 5.41) is 14.1. The monoisotopic (exact) mass is 306 g/mol. The van der Waals surface area contributed by atoms with Crippen LogP contribution >= 0.6 is 0 Å². The average Bonchev–Trinajstić information content (AvgIpc) is 3.03. The van der Waals surface area contributed by atoms with Gasteiger partial charge in [0.25, 0.3) is 0 Å². The zero-order valence-corrected chi connectivity index (χ0v) is 12.3. The van der Waals surface area contributed by atoms with E-state index in [1.54, 1.807) is 18.2 Å². The van der Waals surface area contributed by atoms with Crippen LogP contribution in [0.15, 0.2) is 41.0 Å². The van der Waals surface area contributed by atoms with Gasteiger partial charge in [0.15, 0.2) is 0 Å². The summed E-state index contributed by atoms with van der Waals surface area (Å²) in [4.78, 5) is 11.9. The van der Waals surface area contributed by atoms with Crippen molar-refractivity contribution in [2.75, 3.05) is 11.9 Å². The van der Waals surface area contributed by atoms with Gasteiger partial charge in [0, 0.05) is 18.2 Å². The number of nitrogens with one attached hydrogen (secondary N) is 2. The molecule has 6 heteroatoms. The van der Waals surface area contributed by atoms with Crippen LogP contribution in [-0.4, -0.2) is 23.8 Å². The Bertz CT molecular complexity index is 614. The van der Waals surface area contributed by atoms with Crippen LogP contribution in [0.25, 0.3) is 11.3 Å². The number of urea groups is 1. The van der Waals surface area contributed by atoms with E-state index >= 15 is 0 Å². The third-order valence-corrected chi connectivity index (χ3v) is 3.33. The predicted octanol–water partition coefficient (Wildman–Crippen LogP) is 3.37. The maximum atomic E-state index is 13.8. The van der Waals surface area contributed by atoms with Crippen LogP contribution in [-0.2, 0) is 0 Å². The minimum Gasteiger partial charge on any atom is -0.464 e. The number of furan rings is 1. The lowest BCUT2D eigenvalue weighted by Gasteiger charge is -2.16. The quantitative estimate of drug-likeness (QED) is 0.766. The van der Waals surface area contributed by atoms with Crippen molar-refractivity contribution in [2.24, 2.45) is 0 Å². The summed E-state index contributed by atoms with van der Waals surface area (Å²) in [6.07, 6.45) is 2.67. The molecule has 2 aromatic rings. The molecule has 1 heterocycles. The summed E-state index contributed by atoms with van der Waals surface area (Å²) >= 11 is 0. The fourth-order valence-corrected chi connectivity index (χ4v) is 2.10. The molecule has 0 spiro atoms. The molecule has 1 aromatic heterocycles. The molecule has 0 aliphatic carbocycles. The Balaban J connectivity index is 2.08. The minimum atomic E-state index is -0.527. The van der Waals surface area contributed by atoms with Gasteiger partial charge in [0.05, 0.1) is 12.0 Å². The number of amides is 2. The molecule has 3 N–H and O–H groups in total. The number of hydrogen-bond donors (Lipinski definition) is 3. The molecule has 0 saturated heterocycles. The summed E-state index contributed by atoms with van der Waals surface area (Å²) in [6, 6.07) is 7.21. The van der Waals surface area contributed by atoms with Gasteiger partial charge in [-0.1, -0.05) is 6.92 Å². The highest BCUT2D eigenvalue weighted by molar-refractivity contribution is 5.90. The van der Waals surface area contributed by atoms with Crippen molar-refractivity contribution in [1.29, 1.82) is 0 Å². The standard InChI is InChI=1S/C16H19FN2O3/c1-2-12(7-8-20)18-16(21)19-14-10-11(5-6-13(14)17)15-4-3-9-22-15/h3-6,9-10,12,20H,2,7-8H2,1H3,(H2,18,19,21). The highest BCUT2D eigenvalue weighted by Gasteiger charge is 2.13. The first-order chi connectivity index (χ1) is 10.6. The number of halogens is 1. The van der Waals surface area contributed by atoms with Gasteiger partial charge >= 0.3 is 6.03 Å². The van der Waals surface area contributed by atoms with Gasteiger partial charge in [-0.25, -0.2) is 9.18 Å². The molecule has 22 heavy (non-hydrogen) atoms. The van der Waals surface area contributed by atoms with Crippen LogP contribution < -0.4 is 10.6 Å². The van der Waals surface area contributed by atoms with Gasteiger partial charge in [0.1, 0.15) is 11.6 Å². The van der Waals surface area contributed by atoms with E-state index in [1.807, 2.05) is 6.92 Å². The first-order valence-corrected chi connectivity index (χ1v) is 7.15. The number of benzene rings is 1. The number of carbonyl (C=O) groups excluding carboxylic acids is 1. The van der Waals surface area contributed by atoms with E-state index in [0.717, 1.165) is 0 Å². The molecule has 0 aliphatic heterocycles. The highest BCUT2D eigenvalue weighted by Crippen LogP contribution is 2.25. The first kappa shape index (κ1) is 16.0. The largest absolute Gasteiger partial charge is 0.464 e. The second kappa shape index (κ2) is 7.61. The van der Waals surface area contributed by atoms with Crippen molar-refractivity contribution in [3.63, 3.8) is 0 Å². The molecule has 0 fully saturated rings. The maximum absolute atomic E-state index is 13.8. The van der Waals surface area contributed by atoms with Gasteiger partial charge in [-0.05, 0) is 43.2 Å². The van der Waals surface area contributed by atoms with Crippen molar-refractivity contribution in [1.82, 2.24) is 5.32 Å². The lowest BCUT2D eigenvalue weighted by atomic mass is 10.1. The molecule has 1 aromatic carbocycles. The Hall–Kier alpha value is -2.34. The van der Waals surface area contributed by atoms with E-state index in [1.165, 1.54) is 18.4 Å². The zero-order valence-electron chi connectivity index (χ0n) is 12.3. The summed E-state index contributed by atoms with van der Waals surface area (Å²) in [6.45, 7) is 1.89. The molecular weight excluding hydrogens is 287 g/mol. The molecule has 1 unspecified atom stereocenters. The molecule has 2 rings (SSSR count). The van der Waals surface area contributed by atoms with Crippen LogP contribution in [0.5, 0.6) is 0 Å². The number of hydrogen-bond acceptors (Lipinski definition) is 3. The van der Waals surface area contributed by atoms with Gasteiger partial charge < -0.3 is 20.2 Å². The van der Waals surface area contributed by atoms with E-state index < -0.39 is 11.8 Å². The summed E-state index contributed by atoms with van der Waals surface area (Å²) in [5.41, 5.74) is 0.745. The van der Waals surface area contributed by atoms with Crippen LogP contribution in [0.2, 0.25) is 0 Å². The van der Waals surface area contributed by atoms with Crippen LogP contribution in [0.4, 0.5) is 14.9 Å². The molecular formula is C16H19FN2O3. The first-order valence-electron chi connectivity index (χ1n) is 7.15. The minimum absolute atomic E-state index is 0.0128. The molecule has 5 nitrogen and oxygen atoms in total. The smallest absolute Gasteiger partial charge is 0.319 e. The number of aliphatic hydroxyl groups is 1. The van der Waals surface area contributed by atoms with E-state index in [4.69, 9.17) is 9.52 Å². The zero-order chi connectivity index (χ0) is 15.9. The number of rotatable bonds is 6. The fourth-order valence-electron chi connectivity index (χ4n) is 2.10. The lowest BCUT2D eigenvalue weighted by Crippen LogP contribution is -2.38. The molecule has 0 saturated carbocycles. The topological polar surface area (TPSA) is 74.5 Å². The highest BCUT2D eigenvalue weighted by atomic mass is 19.1. The molecule has 118 valence electrons. The average molecular weight is 306 g/mol. The fraction of sp³-hybridized carbons (Fsp3) is 0.312. The van der Waals surface area contributed by atoms with Crippen LogP contribution in [0.3, 0.4) is 0 Å². The lowest BCUT2D eigenvalue weighted by molar-refractivity contribution is 0.237. The van der Waals surface area contributed by atoms with Gasteiger partial charge in [-0.15, -0.1) is 0 Å². The Morgan fingerprint density at radius 3 is 2.86 bits per heavy atom. The SMILES string of the molecule is CCC(CCO)NC(=O)Nc1cc(-c2ccco2)ccc1F. The normalized spacial score (nSPS) is 12.0. The van der Waals surface area contributed by atoms with Crippen molar-refractivity contribution < 1.29 is 18.7 Å². The van der Waals surface area contributed by atoms with E-state index in [-0.39, 0.29) is 18.3 Å². The van der Waals surface area contributed by atoms with Crippen LogP contribution in [0.1, 0.15) is 19.8 Å². The summed E-state index contributed by atoms with van der Waals surface area (Å²) in [5.74, 6) is 0.0656. The van der Waals surface area contributed by atoms with Gasteiger partial charge in [-0.2, -0.15) is 0 Å². The van der Waals surface area contributed by atoms with Crippen molar-refractivity contribution >= 4 is 11.7 Å². The molecule has 0 aliphatic rings. The van der Waals surface area contributed by atoms with Crippen molar-refractivity contribution in [2.45, 2.75) is 25.8 Å². The molecule has 1 atom stereocenters. The van der Waals surface area contributed by atoms with E-state index in [2.05, 4.69) is 10.6 Å². The maximum Gasteiger partial charge on any atom is 0.319 e. The second-order valence-electron chi connectivity index (χ2n) is 4.89. The molecule has 0 radical (unpaired) electrons. The number of carbonyl (C=O) groups is 1. The third-order valence-electron chi connectivity index (χ3n) is 3.33. The predicted molar refractivity (Wildman–Crippen MR) is 82.0 cm³/mol. The Kier molecular flexibility index (Phi) is 5.55. The number of aliphatic hydroxyl groups excluding tert-OH is 1. The molecule has 2 amide bonds.